The van der Waals surface area contributed by atoms with Crippen molar-refractivity contribution in [1.82, 2.24) is 4.59 Å². The number of hydrogen-bond acceptors (Lipinski definition) is 5. The maximum absolute atomic E-state index is 11.7. The van der Waals surface area contributed by atoms with E-state index in [-0.39, 0.29) is 25.7 Å². The van der Waals surface area contributed by atoms with Crippen molar-refractivity contribution in [2.24, 2.45) is 5.84 Å². The van der Waals surface area contributed by atoms with E-state index in [4.69, 9.17) is 20.8 Å². The second-order valence-corrected chi connectivity index (χ2v) is 4.30. The third-order valence-corrected chi connectivity index (χ3v) is 3.12. The van der Waals surface area contributed by atoms with Gasteiger partial charge in [0.15, 0.2) is 5.69 Å². The summed E-state index contributed by atoms with van der Waals surface area (Å²) in [6.45, 7) is 1.26. The zero-order chi connectivity index (χ0) is 14.5. The predicted octanol–water partition coefficient (Wildman–Crippen LogP) is -0.0502. The Kier molecular flexibility index (Phi) is 5.44. The van der Waals surface area contributed by atoms with Crippen molar-refractivity contribution < 1.29 is 19.7 Å². The Morgan fingerprint density at radius 1 is 1.37 bits per heavy atom. The molecule has 19 heavy (non-hydrogen) atoms. The minimum Gasteiger partial charge on any atom is -0.496 e. The summed E-state index contributed by atoms with van der Waals surface area (Å²) in [6.07, 6.45) is 0.411. The van der Waals surface area contributed by atoms with Crippen LogP contribution in [0.15, 0.2) is 18.2 Å². The molecule has 0 bridgehead atoms. The lowest BCUT2D eigenvalue weighted by Gasteiger charge is -2.28. The number of aliphatic hydroxyl groups is 2. The smallest absolute Gasteiger partial charge is 0.334 e. The fourth-order valence-electron chi connectivity index (χ4n) is 1.96. The Balaban J connectivity index is 3.25. The molecule has 6 heteroatoms. The third kappa shape index (κ3) is 3.30. The summed E-state index contributed by atoms with van der Waals surface area (Å²) in [5.74, 6) is 6.42. The quantitative estimate of drug-likeness (QED) is 0.291. The van der Waals surface area contributed by atoms with Crippen LogP contribution in [0.3, 0.4) is 0 Å². The molecule has 1 aromatic carbocycles. The summed E-state index contributed by atoms with van der Waals surface area (Å²) >= 11 is 0. The Labute approximate surface area is 112 Å². The molecule has 4 N–H and O–H groups in total. The van der Waals surface area contributed by atoms with Gasteiger partial charge in [-0.2, -0.15) is 10.4 Å². The van der Waals surface area contributed by atoms with Crippen molar-refractivity contribution in [3.63, 3.8) is 0 Å². The van der Waals surface area contributed by atoms with Gasteiger partial charge in [-0.25, -0.2) is 4.79 Å². The van der Waals surface area contributed by atoms with Crippen LogP contribution in [0, 0.1) is 0 Å². The van der Waals surface area contributed by atoms with Gasteiger partial charge in [-0.1, -0.05) is 0 Å². The molecule has 0 fully saturated rings. The van der Waals surface area contributed by atoms with Gasteiger partial charge in [0.25, 0.3) is 0 Å². The second kappa shape index (κ2) is 6.63. The molecule has 0 saturated heterocycles. The number of carbonyl (C=O) groups excluding carboxylic acids is 1. The Hall–Kier alpha value is -1.47. The summed E-state index contributed by atoms with van der Waals surface area (Å²) in [6, 6.07) is 5.13. The lowest BCUT2D eigenvalue weighted by molar-refractivity contribution is -0.128. The van der Waals surface area contributed by atoms with Crippen LogP contribution < -0.4 is 15.2 Å². The van der Waals surface area contributed by atoms with Gasteiger partial charge in [0, 0.05) is 24.3 Å². The fourth-order valence-corrected chi connectivity index (χ4v) is 1.96. The van der Waals surface area contributed by atoms with Crippen LogP contribution in [-0.4, -0.2) is 43.0 Å². The first-order valence-corrected chi connectivity index (χ1v) is 6.06. The molecule has 0 aliphatic carbocycles. The van der Waals surface area contributed by atoms with Gasteiger partial charge in [0.1, 0.15) is 12.3 Å². The molecule has 1 aromatic rings. The number of hydrogen-bond donors (Lipinski definition) is 3. The monoisotopic (exact) mass is 269 g/mol. The summed E-state index contributed by atoms with van der Waals surface area (Å²) in [7, 11) is 1.54. The molecule has 0 spiro atoms. The second-order valence-electron chi connectivity index (χ2n) is 4.30. The normalized spacial score (nSPS) is 13.9. The molecular weight excluding hydrogens is 248 g/mol. The SMILES string of the molecule is COc1ccc([N+](N)(CCO)C(C)=O)cc1CCO. The number of carbonyl (C=O) groups is 1. The number of ether oxygens (including phenoxy) is 1. The number of nitrogens with two attached hydrogens (primary N) is 1. The first-order chi connectivity index (χ1) is 8.99. The highest BCUT2D eigenvalue weighted by atomic mass is 16.5. The lowest BCUT2D eigenvalue weighted by atomic mass is 10.1. The number of methoxy groups -OCH3 is 1. The minimum absolute atomic E-state index is 0.0234. The maximum Gasteiger partial charge on any atom is 0.334 e. The molecule has 0 radical (unpaired) electrons. The summed E-state index contributed by atoms with van der Waals surface area (Å²) in [4.78, 5) is 11.7. The molecule has 0 aliphatic heterocycles. The zero-order valence-electron chi connectivity index (χ0n) is 11.3. The third-order valence-electron chi connectivity index (χ3n) is 3.12. The first-order valence-electron chi connectivity index (χ1n) is 6.06. The van der Waals surface area contributed by atoms with E-state index in [9.17, 15) is 4.79 Å². The number of rotatable bonds is 6. The van der Waals surface area contributed by atoms with E-state index in [0.717, 1.165) is 5.56 Å². The highest BCUT2D eigenvalue weighted by molar-refractivity contribution is 5.85. The first kappa shape index (κ1) is 15.6. The summed E-state index contributed by atoms with van der Waals surface area (Å²) in [5, 5.41) is 18.1. The average molecular weight is 269 g/mol. The van der Waals surface area contributed by atoms with Crippen LogP contribution in [0.2, 0.25) is 0 Å². The van der Waals surface area contributed by atoms with E-state index in [1.54, 1.807) is 25.3 Å². The van der Waals surface area contributed by atoms with E-state index in [1.165, 1.54) is 6.92 Å². The lowest BCUT2D eigenvalue weighted by Crippen LogP contribution is -2.60. The van der Waals surface area contributed by atoms with Gasteiger partial charge in [-0.15, -0.1) is 0 Å². The Morgan fingerprint density at radius 3 is 2.53 bits per heavy atom. The molecule has 0 aliphatic rings. The number of nitrogens with zero attached hydrogens (tertiary/aromatic N) is 1. The molecule has 0 heterocycles. The van der Waals surface area contributed by atoms with Gasteiger partial charge in [-0.05, 0) is 12.5 Å². The van der Waals surface area contributed by atoms with Gasteiger partial charge in [0.05, 0.1) is 20.6 Å². The molecule has 0 aromatic heterocycles. The standard InChI is InChI=1S/C13H21N2O4/c1-10(18)15(14,6-8-17)12-3-4-13(19-2)11(9-12)5-7-16/h3-4,9,16-17H,5-8,14H2,1-2H3/q+1. The van der Waals surface area contributed by atoms with Crippen LogP contribution >= 0.6 is 0 Å². The fraction of sp³-hybridized carbons (Fsp3) is 0.462. The van der Waals surface area contributed by atoms with Gasteiger partial charge < -0.3 is 14.9 Å². The summed E-state index contributed by atoms with van der Waals surface area (Å²) < 4.78 is 4.72. The van der Waals surface area contributed by atoms with E-state index in [2.05, 4.69) is 0 Å². The Morgan fingerprint density at radius 2 is 2.05 bits per heavy atom. The average Bonchev–Trinajstić information content (AvgIpc) is 2.39. The van der Waals surface area contributed by atoms with E-state index < -0.39 is 4.59 Å². The van der Waals surface area contributed by atoms with E-state index in [0.29, 0.717) is 17.9 Å². The number of benzene rings is 1. The van der Waals surface area contributed by atoms with Crippen molar-refractivity contribution in [3.8, 4) is 5.75 Å². The topological polar surface area (TPSA) is 92.8 Å². The zero-order valence-corrected chi connectivity index (χ0v) is 11.3. The Bertz CT molecular complexity index is 450. The maximum atomic E-state index is 11.7. The van der Waals surface area contributed by atoms with Gasteiger partial charge in [0.2, 0.25) is 0 Å². The van der Waals surface area contributed by atoms with Crippen molar-refractivity contribution in [3.05, 3.63) is 23.8 Å². The molecule has 0 saturated carbocycles. The molecule has 1 amide bonds. The van der Waals surface area contributed by atoms with Crippen molar-refractivity contribution >= 4 is 11.6 Å². The van der Waals surface area contributed by atoms with E-state index in [1.807, 2.05) is 0 Å². The minimum atomic E-state index is -0.473. The largest absolute Gasteiger partial charge is 0.496 e. The van der Waals surface area contributed by atoms with E-state index >= 15 is 0 Å². The molecule has 106 valence electrons. The number of aliphatic hydroxyl groups excluding tert-OH is 2. The molecule has 1 atom stereocenters. The molecular formula is C13H21N2O4+. The van der Waals surface area contributed by atoms with Crippen LogP contribution in [0.5, 0.6) is 5.75 Å². The highest BCUT2D eigenvalue weighted by Gasteiger charge is 2.32. The van der Waals surface area contributed by atoms with Crippen LogP contribution in [0.25, 0.3) is 0 Å². The van der Waals surface area contributed by atoms with Crippen LogP contribution in [-0.2, 0) is 11.2 Å². The van der Waals surface area contributed by atoms with Gasteiger partial charge in [-0.3, -0.25) is 0 Å². The number of quaternary nitrogens is 1. The number of amides is 1. The van der Waals surface area contributed by atoms with Crippen molar-refractivity contribution in [2.75, 3.05) is 26.9 Å². The predicted molar refractivity (Wildman–Crippen MR) is 72.4 cm³/mol. The summed E-state index contributed by atoms with van der Waals surface area (Å²) in [5.41, 5.74) is 1.33. The van der Waals surface area contributed by atoms with Crippen molar-refractivity contribution in [1.29, 1.82) is 0 Å². The molecule has 1 unspecified atom stereocenters. The van der Waals surface area contributed by atoms with Crippen LogP contribution in [0.4, 0.5) is 5.69 Å². The highest BCUT2D eigenvalue weighted by Crippen LogP contribution is 2.27. The van der Waals surface area contributed by atoms with Crippen LogP contribution in [0.1, 0.15) is 12.5 Å². The molecule has 6 nitrogen and oxygen atoms in total. The van der Waals surface area contributed by atoms with Gasteiger partial charge >= 0.3 is 5.91 Å². The van der Waals surface area contributed by atoms with Crippen molar-refractivity contribution in [2.45, 2.75) is 13.3 Å². The molecule has 1 rings (SSSR count).